The summed E-state index contributed by atoms with van der Waals surface area (Å²) in [6, 6.07) is 5.02. The molecule has 1 aliphatic rings. The Morgan fingerprint density at radius 1 is 1.39 bits per heavy atom. The third-order valence-corrected chi connectivity index (χ3v) is 2.99. The Hall–Kier alpha value is -1.82. The van der Waals surface area contributed by atoms with Crippen molar-refractivity contribution in [2.24, 2.45) is 0 Å². The van der Waals surface area contributed by atoms with Gasteiger partial charge < -0.3 is 15.4 Å². The molecule has 1 aromatic rings. The highest BCUT2D eigenvalue weighted by atomic mass is 16.6. The Morgan fingerprint density at radius 2 is 2.00 bits per heavy atom. The maximum atomic E-state index is 11.1. The van der Waals surface area contributed by atoms with Crippen LogP contribution in [0.15, 0.2) is 18.2 Å². The molecular weight excluding hydrogens is 234 g/mol. The summed E-state index contributed by atoms with van der Waals surface area (Å²) in [5, 5.41) is 11.1. The molecule has 2 N–H and O–H groups in total. The number of nitrogens with zero attached hydrogens (tertiary/aromatic N) is 2. The number of para-hydroxylation sites is 1. The van der Waals surface area contributed by atoms with E-state index in [9.17, 15) is 10.1 Å². The standard InChI is InChI=1S/C12H17N3O3/c1-8-6-14(7-9(2)18-8)11-5-3-4-10(13)12(11)15(16)17/h3-5,8-9H,6-7,13H2,1-2H3/t8-,9+. The third kappa shape index (κ3) is 2.38. The Kier molecular flexibility index (Phi) is 3.38. The number of nitro groups is 1. The van der Waals surface area contributed by atoms with Gasteiger partial charge in [0, 0.05) is 13.1 Å². The lowest BCUT2D eigenvalue weighted by Crippen LogP contribution is -2.45. The molecule has 1 aromatic carbocycles. The number of nitrogens with two attached hydrogens (primary N) is 1. The first kappa shape index (κ1) is 12.6. The van der Waals surface area contributed by atoms with Crippen LogP contribution in [0, 0.1) is 10.1 Å². The molecule has 0 spiro atoms. The fourth-order valence-corrected chi connectivity index (χ4v) is 2.38. The quantitative estimate of drug-likeness (QED) is 0.492. The first-order valence-electron chi connectivity index (χ1n) is 5.92. The van der Waals surface area contributed by atoms with Gasteiger partial charge in [0.05, 0.1) is 17.1 Å². The maximum Gasteiger partial charge on any atom is 0.315 e. The molecule has 0 radical (unpaired) electrons. The minimum Gasteiger partial charge on any atom is -0.393 e. The van der Waals surface area contributed by atoms with E-state index >= 15 is 0 Å². The molecule has 1 fully saturated rings. The van der Waals surface area contributed by atoms with Crippen LogP contribution in [-0.4, -0.2) is 30.2 Å². The summed E-state index contributed by atoms with van der Waals surface area (Å²) in [7, 11) is 0. The number of rotatable bonds is 2. The fraction of sp³-hybridized carbons (Fsp3) is 0.500. The number of hydrogen-bond donors (Lipinski definition) is 1. The summed E-state index contributed by atoms with van der Waals surface area (Å²) in [5.41, 5.74) is 6.45. The number of anilines is 2. The molecule has 2 atom stereocenters. The van der Waals surface area contributed by atoms with Crippen molar-refractivity contribution in [3.8, 4) is 0 Å². The van der Waals surface area contributed by atoms with E-state index in [4.69, 9.17) is 10.5 Å². The zero-order valence-electron chi connectivity index (χ0n) is 10.5. The molecule has 1 aliphatic heterocycles. The molecule has 1 saturated heterocycles. The van der Waals surface area contributed by atoms with Crippen LogP contribution in [0.4, 0.5) is 17.1 Å². The molecule has 6 nitrogen and oxygen atoms in total. The van der Waals surface area contributed by atoms with E-state index in [1.165, 1.54) is 0 Å². The topological polar surface area (TPSA) is 81.6 Å². The fourth-order valence-electron chi connectivity index (χ4n) is 2.38. The maximum absolute atomic E-state index is 11.1. The van der Waals surface area contributed by atoms with Gasteiger partial charge in [-0.05, 0) is 26.0 Å². The Labute approximate surface area is 105 Å². The number of morpholine rings is 1. The van der Waals surface area contributed by atoms with Crippen LogP contribution in [0.3, 0.4) is 0 Å². The predicted octanol–water partition coefficient (Wildman–Crippen LogP) is 1.79. The highest BCUT2D eigenvalue weighted by Gasteiger charge is 2.28. The number of hydrogen-bond acceptors (Lipinski definition) is 5. The van der Waals surface area contributed by atoms with Crippen LogP contribution in [0.5, 0.6) is 0 Å². The Bertz CT molecular complexity index is 454. The van der Waals surface area contributed by atoms with Crippen LogP contribution < -0.4 is 10.6 Å². The molecule has 0 bridgehead atoms. The zero-order chi connectivity index (χ0) is 13.3. The van der Waals surface area contributed by atoms with E-state index in [-0.39, 0.29) is 23.6 Å². The van der Waals surface area contributed by atoms with Gasteiger partial charge in [-0.3, -0.25) is 10.1 Å². The highest BCUT2D eigenvalue weighted by Crippen LogP contribution is 2.34. The second kappa shape index (κ2) is 4.81. The van der Waals surface area contributed by atoms with Crippen LogP contribution in [0.1, 0.15) is 13.8 Å². The lowest BCUT2D eigenvalue weighted by Gasteiger charge is -2.36. The smallest absolute Gasteiger partial charge is 0.315 e. The minimum absolute atomic E-state index is 0.0150. The SMILES string of the molecule is C[C@@H]1CN(c2cccc(N)c2[N+](=O)[O-])C[C@H](C)O1. The Morgan fingerprint density at radius 3 is 2.56 bits per heavy atom. The van der Waals surface area contributed by atoms with Gasteiger partial charge in [-0.2, -0.15) is 0 Å². The van der Waals surface area contributed by atoms with Gasteiger partial charge in [0.1, 0.15) is 11.4 Å². The van der Waals surface area contributed by atoms with E-state index < -0.39 is 4.92 Å². The van der Waals surface area contributed by atoms with Crippen molar-refractivity contribution in [3.05, 3.63) is 28.3 Å². The van der Waals surface area contributed by atoms with Crippen molar-refractivity contribution in [3.63, 3.8) is 0 Å². The molecule has 18 heavy (non-hydrogen) atoms. The lowest BCUT2D eigenvalue weighted by atomic mass is 10.1. The van der Waals surface area contributed by atoms with Gasteiger partial charge >= 0.3 is 5.69 Å². The van der Waals surface area contributed by atoms with Gasteiger partial charge in [-0.25, -0.2) is 0 Å². The molecule has 6 heteroatoms. The third-order valence-electron chi connectivity index (χ3n) is 2.99. The van der Waals surface area contributed by atoms with Crippen LogP contribution in [0.25, 0.3) is 0 Å². The van der Waals surface area contributed by atoms with Crippen molar-refractivity contribution in [1.29, 1.82) is 0 Å². The molecule has 2 rings (SSSR count). The Balaban J connectivity index is 2.38. The first-order chi connectivity index (χ1) is 8.49. The van der Waals surface area contributed by atoms with Crippen molar-refractivity contribution >= 4 is 17.1 Å². The molecular formula is C12H17N3O3. The molecule has 0 unspecified atom stereocenters. The summed E-state index contributed by atoms with van der Waals surface area (Å²) in [4.78, 5) is 12.7. The van der Waals surface area contributed by atoms with E-state index in [1.807, 2.05) is 18.7 Å². The minimum atomic E-state index is -0.421. The zero-order valence-corrected chi connectivity index (χ0v) is 10.5. The van der Waals surface area contributed by atoms with Crippen molar-refractivity contribution in [2.45, 2.75) is 26.1 Å². The highest BCUT2D eigenvalue weighted by molar-refractivity contribution is 5.75. The van der Waals surface area contributed by atoms with Crippen LogP contribution in [0.2, 0.25) is 0 Å². The number of nitrogen functional groups attached to an aromatic ring is 1. The molecule has 1 heterocycles. The predicted molar refractivity (Wildman–Crippen MR) is 69.7 cm³/mol. The van der Waals surface area contributed by atoms with E-state index in [1.54, 1.807) is 18.2 Å². The van der Waals surface area contributed by atoms with E-state index in [2.05, 4.69) is 0 Å². The monoisotopic (exact) mass is 251 g/mol. The van der Waals surface area contributed by atoms with Gasteiger partial charge in [0.25, 0.3) is 0 Å². The van der Waals surface area contributed by atoms with Gasteiger partial charge in [0.15, 0.2) is 0 Å². The number of nitro benzene ring substituents is 1. The van der Waals surface area contributed by atoms with Crippen molar-refractivity contribution < 1.29 is 9.66 Å². The second-order valence-corrected chi connectivity index (χ2v) is 4.63. The summed E-state index contributed by atoms with van der Waals surface area (Å²) >= 11 is 0. The second-order valence-electron chi connectivity index (χ2n) is 4.63. The molecule has 0 saturated carbocycles. The lowest BCUT2D eigenvalue weighted by molar-refractivity contribution is -0.383. The van der Waals surface area contributed by atoms with Crippen LogP contribution in [-0.2, 0) is 4.74 Å². The molecule has 0 aromatic heterocycles. The normalized spacial score (nSPS) is 24.0. The van der Waals surface area contributed by atoms with Crippen molar-refractivity contribution in [2.75, 3.05) is 23.7 Å². The molecule has 0 aliphatic carbocycles. The van der Waals surface area contributed by atoms with Gasteiger partial charge in [0.2, 0.25) is 0 Å². The van der Waals surface area contributed by atoms with Crippen LogP contribution >= 0.6 is 0 Å². The summed E-state index contributed by atoms with van der Waals surface area (Å²) in [6.45, 7) is 5.19. The largest absolute Gasteiger partial charge is 0.393 e. The molecule has 0 amide bonds. The van der Waals surface area contributed by atoms with Crippen molar-refractivity contribution in [1.82, 2.24) is 0 Å². The summed E-state index contributed by atoms with van der Waals surface area (Å²) < 4.78 is 5.63. The number of ether oxygens (including phenoxy) is 1. The van der Waals surface area contributed by atoms with Gasteiger partial charge in [-0.1, -0.05) is 6.07 Å². The summed E-state index contributed by atoms with van der Waals surface area (Å²) in [5.74, 6) is 0. The number of benzene rings is 1. The van der Waals surface area contributed by atoms with E-state index in [0.29, 0.717) is 18.8 Å². The average molecular weight is 251 g/mol. The first-order valence-corrected chi connectivity index (χ1v) is 5.92. The van der Waals surface area contributed by atoms with E-state index in [0.717, 1.165) is 0 Å². The van der Waals surface area contributed by atoms with Gasteiger partial charge in [-0.15, -0.1) is 0 Å². The summed E-state index contributed by atoms with van der Waals surface area (Å²) in [6.07, 6.45) is 0.101. The molecule has 98 valence electrons. The average Bonchev–Trinajstić information content (AvgIpc) is 2.26.